The van der Waals surface area contributed by atoms with Gasteiger partial charge in [-0.1, -0.05) is 30.3 Å². The van der Waals surface area contributed by atoms with Crippen molar-refractivity contribution >= 4 is 10.1 Å². The molecule has 0 spiro atoms. The second kappa shape index (κ2) is 6.82. The van der Waals surface area contributed by atoms with Crippen molar-refractivity contribution in [2.45, 2.75) is 31.2 Å². The minimum atomic E-state index is -3.80. The fourth-order valence-electron chi connectivity index (χ4n) is 2.03. The Hall–Kier alpha value is -1.03. The van der Waals surface area contributed by atoms with Gasteiger partial charge in [-0.05, 0) is 5.56 Å². The largest absolute Gasteiger partial charge is 0.387 e. The highest BCUT2D eigenvalue weighted by molar-refractivity contribution is 7.86. The smallest absolute Gasteiger partial charge is 0.264 e. The van der Waals surface area contributed by atoms with Crippen LogP contribution in [0.3, 0.4) is 0 Å². The fraction of sp³-hybridized carbons (Fsp3) is 0.538. The molecular weight excluding hydrogens is 300 g/mol. The molecular formula is C13H18O7S. The molecule has 1 aliphatic rings. The molecule has 1 saturated heterocycles. The predicted molar refractivity (Wildman–Crippen MR) is 72.7 cm³/mol. The molecule has 2 rings (SSSR count). The average molecular weight is 318 g/mol. The molecule has 1 aromatic carbocycles. The fourth-order valence-corrected chi connectivity index (χ4v) is 2.64. The molecule has 21 heavy (non-hydrogen) atoms. The van der Waals surface area contributed by atoms with E-state index in [9.17, 15) is 18.6 Å². The van der Waals surface area contributed by atoms with Crippen molar-refractivity contribution in [1.82, 2.24) is 0 Å². The standard InChI is InChI=1S/C13H18O7S/c1-21(16,17)20-12-11(14)10(19-13(12)15)8-18-7-9-5-3-2-4-6-9/h2-6,10-15H,7-8H2,1H3/t10?,11?,12-,13+/m1/s1. The molecule has 0 radical (unpaired) electrons. The molecule has 0 saturated carbocycles. The van der Waals surface area contributed by atoms with Crippen LogP contribution in [0.25, 0.3) is 0 Å². The van der Waals surface area contributed by atoms with Crippen LogP contribution in [-0.4, -0.2) is 56.1 Å². The van der Waals surface area contributed by atoms with Crippen LogP contribution < -0.4 is 0 Å². The molecule has 2 N–H and O–H groups in total. The first kappa shape index (κ1) is 16.3. The minimum Gasteiger partial charge on any atom is -0.387 e. The molecule has 0 aromatic heterocycles. The maximum atomic E-state index is 11.1. The third-order valence-corrected chi connectivity index (χ3v) is 3.56. The first-order valence-electron chi connectivity index (χ1n) is 6.38. The molecule has 1 aromatic rings. The van der Waals surface area contributed by atoms with Crippen molar-refractivity contribution in [1.29, 1.82) is 0 Å². The highest BCUT2D eigenvalue weighted by Gasteiger charge is 2.45. The van der Waals surface area contributed by atoms with E-state index >= 15 is 0 Å². The number of hydrogen-bond acceptors (Lipinski definition) is 7. The van der Waals surface area contributed by atoms with E-state index in [2.05, 4.69) is 4.18 Å². The summed E-state index contributed by atoms with van der Waals surface area (Å²) in [6.45, 7) is 0.331. The van der Waals surface area contributed by atoms with Gasteiger partial charge in [0.25, 0.3) is 10.1 Å². The summed E-state index contributed by atoms with van der Waals surface area (Å²) in [7, 11) is -3.80. The quantitative estimate of drug-likeness (QED) is 0.690. The van der Waals surface area contributed by atoms with Crippen LogP contribution in [-0.2, 0) is 30.4 Å². The van der Waals surface area contributed by atoms with E-state index in [1.54, 1.807) is 0 Å². The van der Waals surface area contributed by atoms with Gasteiger partial charge in [-0.15, -0.1) is 0 Å². The number of aliphatic hydroxyl groups excluding tert-OH is 2. The molecule has 1 aliphatic heterocycles. The lowest BCUT2D eigenvalue weighted by atomic mass is 10.1. The summed E-state index contributed by atoms with van der Waals surface area (Å²) in [6.07, 6.45) is -4.16. The molecule has 8 heteroatoms. The van der Waals surface area contributed by atoms with Crippen LogP contribution in [0.1, 0.15) is 5.56 Å². The third-order valence-electron chi connectivity index (χ3n) is 2.99. The Morgan fingerprint density at radius 2 is 1.90 bits per heavy atom. The number of aliphatic hydroxyl groups is 2. The lowest BCUT2D eigenvalue weighted by Crippen LogP contribution is -2.38. The lowest BCUT2D eigenvalue weighted by Gasteiger charge is -2.16. The molecule has 2 unspecified atom stereocenters. The zero-order valence-corrected chi connectivity index (χ0v) is 12.3. The first-order chi connectivity index (χ1) is 9.87. The summed E-state index contributed by atoms with van der Waals surface area (Å²) >= 11 is 0. The van der Waals surface area contributed by atoms with E-state index in [1.165, 1.54) is 0 Å². The van der Waals surface area contributed by atoms with Crippen LogP contribution >= 0.6 is 0 Å². The van der Waals surface area contributed by atoms with Gasteiger partial charge in [-0.25, -0.2) is 0 Å². The minimum absolute atomic E-state index is 0.0107. The van der Waals surface area contributed by atoms with Crippen molar-refractivity contribution in [3.8, 4) is 0 Å². The Morgan fingerprint density at radius 3 is 2.52 bits per heavy atom. The van der Waals surface area contributed by atoms with Crippen molar-refractivity contribution in [2.24, 2.45) is 0 Å². The van der Waals surface area contributed by atoms with Crippen molar-refractivity contribution in [3.63, 3.8) is 0 Å². The Kier molecular flexibility index (Phi) is 5.31. The summed E-state index contributed by atoms with van der Waals surface area (Å²) in [5.74, 6) is 0. The van der Waals surface area contributed by atoms with E-state index in [0.717, 1.165) is 11.8 Å². The highest BCUT2D eigenvalue weighted by atomic mass is 32.2. The van der Waals surface area contributed by atoms with Gasteiger partial charge in [0.1, 0.15) is 12.2 Å². The molecule has 0 aliphatic carbocycles. The summed E-state index contributed by atoms with van der Waals surface area (Å²) in [5.41, 5.74) is 0.953. The monoisotopic (exact) mass is 318 g/mol. The Balaban J connectivity index is 1.85. The number of hydrogen-bond donors (Lipinski definition) is 2. The molecule has 118 valence electrons. The van der Waals surface area contributed by atoms with Crippen LogP contribution in [0, 0.1) is 0 Å². The highest BCUT2D eigenvalue weighted by Crippen LogP contribution is 2.24. The Labute approximate surface area is 123 Å². The maximum absolute atomic E-state index is 11.1. The van der Waals surface area contributed by atoms with E-state index < -0.39 is 34.7 Å². The van der Waals surface area contributed by atoms with Gasteiger partial charge in [-0.2, -0.15) is 8.42 Å². The van der Waals surface area contributed by atoms with Crippen molar-refractivity contribution < 1.29 is 32.3 Å². The van der Waals surface area contributed by atoms with E-state index in [0.29, 0.717) is 6.61 Å². The molecule has 0 amide bonds. The summed E-state index contributed by atoms with van der Waals surface area (Å²) in [6, 6.07) is 9.40. The Morgan fingerprint density at radius 1 is 1.24 bits per heavy atom. The average Bonchev–Trinajstić information content (AvgIpc) is 2.66. The molecule has 4 atom stereocenters. The predicted octanol–water partition coefficient (Wildman–Crippen LogP) is -0.374. The first-order valence-corrected chi connectivity index (χ1v) is 8.20. The van der Waals surface area contributed by atoms with Crippen LogP contribution in [0.2, 0.25) is 0 Å². The van der Waals surface area contributed by atoms with Gasteiger partial charge in [0.15, 0.2) is 12.4 Å². The maximum Gasteiger partial charge on any atom is 0.264 e. The SMILES string of the molecule is CS(=O)(=O)O[C@@H]1C(O)C(COCc2ccccc2)O[C@@H]1O. The zero-order valence-electron chi connectivity index (χ0n) is 11.5. The number of ether oxygens (including phenoxy) is 2. The van der Waals surface area contributed by atoms with Crippen LogP contribution in [0.15, 0.2) is 30.3 Å². The summed E-state index contributed by atoms with van der Waals surface area (Å²) in [5, 5.41) is 19.5. The van der Waals surface area contributed by atoms with E-state index in [4.69, 9.17) is 9.47 Å². The van der Waals surface area contributed by atoms with Gasteiger partial charge in [0, 0.05) is 0 Å². The van der Waals surface area contributed by atoms with Gasteiger partial charge in [0.05, 0.1) is 19.5 Å². The summed E-state index contributed by atoms with van der Waals surface area (Å²) in [4.78, 5) is 0. The molecule has 0 bridgehead atoms. The second-order valence-electron chi connectivity index (χ2n) is 4.82. The van der Waals surface area contributed by atoms with E-state index in [-0.39, 0.29) is 6.61 Å². The molecule has 1 fully saturated rings. The third kappa shape index (κ3) is 4.73. The van der Waals surface area contributed by atoms with Gasteiger partial charge < -0.3 is 19.7 Å². The number of rotatable bonds is 6. The van der Waals surface area contributed by atoms with Crippen molar-refractivity contribution in [2.75, 3.05) is 12.9 Å². The van der Waals surface area contributed by atoms with Gasteiger partial charge >= 0.3 is 0 Å². The van der Waals surface area contributed by atoms with Crippen LogP contribution in [0.4, 0.5) is 0 Å². The summed E-state index contributed by atoms with van der Waals surface area (Å²) < 4.78 is 37.2. The second-order valence-corrected chi connectivity index (χ2v) is 6.42. The lowest BCUT2D eigenvalue weighted by molar-refractivity contribution is -0.133. The van der Waals surface area contributed by atoms with Crippen molar-refractivity contribution in [3.05, 3.63) is 35.9 Å². The van der Waals surface area contributed by atoms with Gasteiger partial charge in [0.2, 0.25) is 0 Å². The van der Waals surface area contributed by atoms with Gasteiger partial charge in [-0.3, -0.25) is 4.18 Å². The molecule has 7 nitrogen and oxygen atoms in total. The number of benzene rings is 1. The zero-order chi connectivity index (χ0) is 15.5. The normalized spacial score (nSPS) is 29.7. The van der Waals surface area contributed by atoms with E-state index in [1.807, 2.05) is 30.3 Å². The molecule has 1 heterocycles. The van der Waals surface area contributed by atoms with Crippen LogP contribution in [0.5, 0.6) is 0 Å². The topological polar surface area (TPSA) is 102 Å². The Bertz CT molecular complexity index is 545.